The van der Waals surface area contributed by atoms with Crippen molar-refractivity contribution in [1.29, 1.82) is 0 Å². The lowest BCUT2D eigenvalue weighted by Crippen LogP contribution is -2.17. The monoisotopic (exact) mass is 305 g/mol. The van der Waals surface area contributed by atoms with E-state index in [1.165, 1.54) is 17.8 Å². The minimum atomic E-state index is -4.30. The molecule has 1 aromatic rings. The lowest BCUT2D eigenvalue weighted by Gasteiger charge is -2.18. The molecule has 0 fully saturated rings. The Morgan fingerprint density at radius 3 is 2.35 bits per heavy atom. The number of alkyl halides is 3. The first-order chi connectivity index (χ1) is 9.25. The highest BCUT2D eigenvalue weighted by molar-refractivity contribution is 8.00. The molecule has 0 aliphatic heterocycles. The summed E-state index contributed by atoms with van der Waals surface area (Å²) in [6.07, 6.45) is -4.30. The van der Waals surface area contributed by atoms with Crippen molar-refractivity contribution in [2.45, 2.75) is 50.6 Å². The van der Waals surface area contributed by atoms with E-state index >= 15 is 0 Å². The summed E-state index contributed by atoms with van der Waals surface area (Å²) in [5.74, 6) is 0.427. The lowest BCUT2D eigenvalue weighted by molar-refractivity contribution is -0.138. The van der Waals surface area contributed by atoms with Crippen molar-refractivity contribution < 1.29 is 13.2 Å². The van der Waals surface area contributed by atoms with E-state index in [1.807, 2.05) is 13.8 Å². The molecule has 0 spiro atoms. The standard InChI is InChI=1S/C15H22F3NS/c1-5-19-9-12-6-7-13(20-11(4)10(2)3)8-14(12)15(16,17)18/h6-8,10-11,19H,5,9H2,1-4H3. The summed E-state index contributed by atoms with van der Waals surface area (Å²) < 4.78 is 39.3. The van der Waals surface area contributed by atoms with Gasteiger partial charge in [0.05, 0.1) is 5.56 Å². The molecule has 0 amide bonds. The number of rotatable bonds is 6. The second-order valence-electron chi connectivity index (χ2n) is 5.16. The average molecular weight is 305 g/mol. The van der Waals surface area contributed by atoms with Crippen LogP contribution >= 0.6 is 11.8 Å². The van der Waals surface area contributed by atoms with Gasteiger partial charge in [0.25, 0.3) is 0 Å². The van der Waals surface area contributed by atoms with Crippen LogP contribution in [0.2, 0.25) is 0 Å². The molecule has 0 saturated heterocycles. The molecule has 1 unspecified atom stereocenters. The first-order valence-corrected chi connectivity index (χ1v) is 7.71. The second-order valence-corrected chi connectivity index (χ2v) is 6.61. The molecule has 0 aliphatic carbocycles. The van der Waals surface area contributed by atoms with Crippen molar-refractivity contribution in [2.24, 2.45) is 5.92 Å². The summed E-state index contributed by atoms with van der Waals surface area (Å²) >= 11 is 1.49. The van der Waals surface area contributed by atoms with Crippen molar-refractivity contribution in [1.82, 2.24) is 5.32 Å². The van der Waals surface area contributed by atoms with Gasteiger partial charge in [-0.25, -0.2) is 0 Å². The lowest BCUT2D eigenvalue weighted by atomic mass is 10.1. The highest BCUT2D eigenvalue weighted by atomic mass is 32.2. The van der Waals surface area contributed by atoms with Gasteiger partial charge in [-0.3, -0.25) is 0 Å². The molecule has 1 N–H and O–H groups in total. The largest absolute Gasteiger partial charge is 0.416 e. The Morgan fingerprint density at radius 2 is 1.85 bits per heavy atom. The molecule has 1 rings (SSSR count). The van der Waals surface area contributed by atoms with E-state index in [2.05, 4.69) is 19.2 Å². The van der Waals surface area contributed by atoms with Crippen LogP contribution in [0.25, 0.3) is 0 Å². The molecule has 1 nitrogen and oxygen atoms in total. The van der Waals surface area contributed by atoms with Gasteiger partial charge in [0, 0.05) is 16.7 Å². The fraction of sp³-hybridized carbons (Fsp3) is 0.600. The summed E-state index contributed by atoms with van der Waals surface area (Å²) in [5.41, 5.74) is -0.222. The molecule has 0 aromatic heterocycles. The Bertz CT molecular complexity index is 430. The zero-order valence-electron chi connectivity index (χ0n) is 12.3. The van der Waals surface area contributed by atoms with Crippen LogP contribution in [-0.2, 0) is 12.7 Å². The first-order valence-electron chi connectivity index (χ1n) is 6.83. The maximum Gasteiger partial charge on any atom is 0.416 e. The van der Waals surface area contributed by atoms with Crippen molar-refractivity contribution in [2.75, 3.05) is 6.54 Å². The summed E-state index contributed by atoms with van der Waals surface area (Å²) in [6.45, 7) is 8.95. The molecule has 0 radical (unpaired) electrons. The van der Waals surface area contributed by atoms with Crippen LogP contribution in [0, 0.1) is 5.92 Å². The minimum absolute atomic E-state index is 0.246. The van der Waals surface area contributed by atoms with Crippen molar-refractivity contribution in [3.05, 3.63) is 29.3 Å². The average Bonchev–Trinajstić information content (AvgIpc) is 2.35. The van der Waals surface area contributed by atoms with Gasteiger partial charge in [0.15, 0.2) is 0 Å². The van der Waals surface area contributed by atoms with Crippen LogP contribution in [0.1, 0.15) is 38.8 Å². The molecule has 0 bridgehead atoms. The van der Waals surface area contributed by atoms with Crippen LogP contribution in [0.5, 0.6) is 0 Å². The number of hydrogen-bond acceptors (Lipinski definition) is 2. The van der Waals surface area contributed by atoms with E-state index in [4.69, 9.17) is 0 Å². The molecule has 0 saturated carbocycles. The molecule has 20 heavy (non-hydrogen) atoms. The van der Waals surface area contributed by atoms with Crippen molar-refractivity contribution in [3.63, 3.8) is 0 Å². The smallest absolute Gasteiger partial charge is 0.313 e. The Morgan fingerprint density at radius 1 is 1.20 bits per heavy atom. The maximum absolute atomic E-state index is 13.1. The highest BCUT2D eigenvalue weighted by Crippen LogP contribution is 2.36. The Labute approximate surface area is 123 Å². The molecule has 5 heteroatoms. The van der Waals surface area contributed by atoms with Crippen LogP contribution in [0.15, 0.2) is 23.1 Å². The second kappa shape index (κ2) is 7.36. The van der Waals surface area contributed by atoms with Crippen molar-refractivity contribution in [3.8, 4) is 0 Å². The summed E-state index contributed by atoms with van der Waals surface area (Å²) in [7, 11) is 0. The summed E-state index contributed by atoms with van der Waals surface area (Å²) in [6, 6.07) is 4.64. The fourth-order valence-corrected chi connectivity index (χ4v) is 2.69. The van der Waals surface area contributed by atoms with Gasteiger partial charge in [-0.2, -0.15) is 13.2 Å². The van der Waals surface area contributed by atoms with Crippen LogP contribution in [0.4, 0.5) is 13.2 Å². The van der Waals surface area contributed by atoms with Gasteiger partial charge in [-0.05, 0) is 30.2 Å². The van der Waals surface area contributed by atoms with Gasteiger partial charge < -0.3 is 5.32 Å². The number of nitrogens with one attached hydrogen (secondary N) is 1. The molecular formula is C15H22F3NS. The van der Waals surface area contributed by atoms with Crippen LogP contribution in [-0.4, -0.2) is 11.8 Å². The van der Waals surface area contributed by atoms with Gasteiger partial charge in [-0.1, -0.05) is 33.8 Å². The summed E-state index contributed by atoms with van der Waals surface area (Å²) in [4.78, 5) is 0.679. The maximum atomic E-state index is 13.1. The number of halogens is 3. The van der Waals surface area contributed by atoms with E-state index in [0.29, 0.717) is 22.9 Å². The van der Waals surface area contributed by atoms with Crippen LogP contribution < -0.4 is 5.32 Å². The Hall–Kier alpha value is -0.680. The molecule has 114 valence electrons. The molecule has 0 aliphatic rings. The molecular weight excluding hydrogens is 283 g/mol. The third-order valence-corrected chi connectivity index (χ3v) is 4.66. The Kier molecular flexibility index (Phi) is 6.40. The van der Waals surface area contributed by atoms with E-state index < -0.39 is 11.7 Å². The van der Waals surface area contributed by atoms with Gasteiger partial charge in [0.2, 0.25) is 0 Å². The first kappa shape index (κ1) is 17.4. The van der Waals surface area contributed by atoms with E-state index in [-0.39, 0.29) is 11.8 Å². The summed E-state index contributed by atoms with van der Waals surface area (Å²) in [5, 5.41) is 3.24. The molecule has 1 atom stereocenters. The topological polar surface area (TPSA) is 12.0 Å². The van der Waals surface area contributed by atoms with E-state index in [9.17, 15) is 13.2 Å². The third kappa shape index (κ3) is 5.02. The van der Waals surface area contributed by atoms with Crippen LogP contribution in [0.3, 0.4) is 0 Å². The van der Waals surface area contributed by atoms with Gasteiger partial charge in [-0.15, -0.1) is 11.8 Å². The molecule has 1 aromatic carbocycles. The zero-order chi connectivity index (χ0) is 15.3. The quantitative estimate of drug-likeness (QED) is 0.746. The van der Waals surface area contributed by atoms with E-state index in [1.54, 1.807) is 12.1 Å². The molecule has 0 heterocycles. The third-order valence-electron chi connectivity index (χ3n) is 3.21. The fourth-order valence-electron chi connectivity index (χ4n) is 1.66. The highest BCUT2D eigenvalue weighted by Gasteiger charge is 2.33. The normalized spacial score (nSPS) is 13.8. The zero-order valence-corrected chi connectivity index (χ0v) is 13.2. The number of hydrogen-bond donors (Lipinski definition) is 1. The van der Waals surface area contributed by atoms with Gasteiger partial charge in [0.1, 0.15) is 0 Å². The predicted octanol–water partition coefficient (Wildman–Crippen LogP) is 4.95. The van der Waals surface area contributed by atoms with Crippen molar-refractivity contribution >= 4 is 11.8 Å². The van der Waals surface area contributed by atoms with E-state index in [0.717, 1.165) is 0 Å². The number of benzene rings is 1. The SMILES string of the molecule is CCNCc1ccc(SC(C)C(C)C)cc1C(F)(F)F. The predicted molar refractivity (Wildman–Crippen MR) is 79.0 cm³/mol. The minimum Gasteiger partial charge on any atom is -0.313 e. The number of thioether (sulfide) groups is 1. The van der Waals surface area contributed by atoms with Gasteiger partial charge >= 0.3 is 6.18 Å². The Balaban J connectivity index is 3.01.